The summed E-state index contributed by atoms with van der Waals surface area (Å²) in [4.78, 5) is 27.5. The van der Waals surface area contributed by atoms with Crippen LogP contribution in [0.25, 0.3) is 0 Å². The van der Waals surface area contributed by atoms with Crippen molar-refractivity contribution in [1.82, 2.24) is 10.1 Å². The quantitative estimate of drug-likeness (QED) is 0.570. The molecule has 1 fully saturated rings. The lowest BCUT2D eigenvalue weighted by Gasteiger charge is -2.31. The van der Waals surface area contributed by atoms with Gasteiger partial charge in [-0.15, -0.1) is 0 Å². The fourth-order valence-electron chi connectivity index (χ4n) is 4.30. The van der Waals surface area contributed by atoms with Crippen LogP contribution in [0.4, 0.5) is 5.69 Å². The lowest BCUT2D eigenvalue weighted by molar-refractivity contribution is -0.121. The van der Waals surface area contributed by atoms with E-state index in [1.54, 1.807) is 47.4 Å². The highest BCUT2D eigenvalue weighted by molar-refractivity contribution is 5.95. The van der Waals surface area contributed by atoms with E-state index < -0.39 is 0 Å². The summed E-state index contributed by atoms with van der Waals surface area (Å²) in [5, 5.41) is 6.88. The Kier molecular flexibility index (Phi) is 6.31. The number of amides is 2. The van der Waals surface area contributed by atoms with Gasteiger partial charge in [0.2, 0.25) is 12.7 Å². The number of benzene rings is 2. The maximum atomic E-state index is 13.0. The van der Waals surface area contributed by atoms with E-state index in [2.05, 4.69) is 10.5 Å². The number of carbonyl (C=O) groups is 2. The van der Waals surface area contributed by atoms with Gasteiger partial charge in [0.15, 0.2) is 11.5 Å². The average molecular weight is 478 g/mol. The van der Waals surface area contributed by atoms with Gasteiger partial charge in [-0.1, -0.05) is 5.16 Å². The summed E-state index contributed by atoms with van der Waals surface area (Å²) in [5.41, 5.74) is 3.00. The summed E-state index contributed by atoms with van der Waals surface area (Å²) in [6.07, 6.45) is 1.22. The van der Waals surface area contributed by atoms with Crippen LogP contribution in [0.1, 0.15) is 40.2 Å². The minimum atomic E-state index is -0.149. The minimum Gasteiger partial charge on any atom is -0.489 e. The molecule has 35 heavy (non-hydrogen) atoms. The van der Waals surface area contributed by atoms with Crippen LogP contribution in [0, 0.1) is 19.8 Å². The molecule has 0 spiro atoms. The number of ether oxygens (including phenoxy) is 3. The molecule has 2 aliphatic rings. The second kappa shape index (κ2) is 9.69. The molecule has 3 aromatic rings. The van der Waals surface area contributed by atoms with Crippen LogP contribution in [0.2, 0.25) is 0 Å². The summed E-state index contributed by atoms with van der Waals surface area (Å²) >= 11 is 0. The largest absolute Gasteiger partial charge is 0.489 e. The fraction of sp³-hybridized carbons (Fsp3) is 0.346. The van der Waals surface area contributed by atoms with Crippen molar-refractivity contribution in [3.8, 4) is 17.2 Å². The third-order valence-corrected chi connectivity index (χ3v) is 6.46. The van der Waals surface area contributed by atoms with E-state index in [1.807, 2.05) is 13.8 Å². The number of anilines is 1. The maximum Gasteiger partial charge on any atom is 0.253 e. The number of fused-ring (bicyclic) bond motifs is 1. The third-order valence-electron chi connectivity index (χ3n) is 6.46. The van der Waals surface area contributed by atoms with Crippen LogP contribution in [0.5, 0.6) is 17.2 Å². The highest BCUT2D eigenvalue weighted by Gasteiger charge is 2.28. The zero-order valence-electron chi connectivity index (χ0n) is 19.7. The van der Waals surface area contributed by atoms with Crippen LogP contribution in [0.15, 0.2) is 47.0 Å². The molecule has 0 aliphatic carbocycles. The topological polar surface area (TPSA) is 103 Å². The zero-order chi connectivity index (χ0) is 24.4. The van der Waals surface area contributed by atoms with Gasteiger partial charge in [-0.3, -0.25) is 9.59 Å². The number of hydrogen-bond donors (Lipinski definition) is 1. The van der Waals surface area contributed by atoms with Gasteiger partial charge in [0.05, 0.1) is 11.3 Å². The number of carbonyl (C=O) groups excluding carboxylic acids is 2. The first-order valence-electron chi connectivity index (χ1n) is 11.6. The molecule has 0 bridgehead atoms. The molecule has 9 nitrogen and oxygen atoms in total. The van der Waals surface area contributed by atoms with Crippen LogP contribution in [0.3, 0.4) is 0 Å². The van der Waals surface area contributed by atoms with E-state index in [0.717, 1.165) is 17.0 Å². The first-order valence-corrected chi connectivity index (χ1v) is 11.6. The first-order chi connectivity index (χ1) is 17.0. The van der Waals surface area contributed by atoms with E-state index in [0.29, 0.717) is 61.0 Å². The second-order valence-corrected chi connectivity index (χ2v) is 8.74. The third kappa shape index (κ3) is 4.94. The molecule has 2 amide bonds. The van der Waals surface area contributed by atoms with Crippen molar-refractivity contribution in [1.29, 1.82) is 0 Å². The number of hydrogen-bond acceptors (Lipinski definition) is 7. The van der Waals surface area contributed by atoms with Crippen molar-refractivity contribution >= 4 is 17.5 Å². The van der Waals surface area contributed by atoms with Crippen molar-refractivity contribution in [2.75, 3.05) is 25.2 Å². The van der Waals surface area contributed by atoms with E-state index >= 15 is 0 Å². The van der Waals surface area contributed by atoms with Crippen molar-refractivity contribution < 1.29 is 28.3 Å². The average Bonchev–Trinajstić information content (AvgIpc) is 3.48. The molecule has 1 saturated heterocycles. The molecular weight excluding hydrogens is 450 g/mol. The molecule has 1 N–H and O–H groups in total. The molecule has 0 radical (unpaired) electrons. The number of nitrogens with zero attached hydrogens (tertiary/aromatic N) is 2. The number of rotatable bonds is 6. The molecule has 0 unspecified atom stereocenters. The van der Waals surface area contributed by atoms with Crippen LogP contribution in [-0.4, -0.2) is 41.8 Å². The van der Waals surface area contributed by atoms with Crippen molar-refractivity contribution in [3.63, 3.8) is 0 Å². The number of nitrogens with one attached hydrogen (secondary N) is 1. The Bertz CT molecular complexity index is 1210. The zero-order valence-corrected chi connectivity index (χ0v) is 19.7. The molecule has 9 heteroatoms. The summed E-state index contributed by atoms with van der Waals surface area (Å²) in [5.74, 6) is 2.47. The van der Waals surface area contributed by atoms with Gasteiger partial charge in [0.1, 0.15) is 18.1 Å². The Balaban J connectivity index is 1.11. The predicted molar refractivity (Wildman–Crippen MR) is 127 cm³/mol. The number of aromatic nitrogens is 1. The van der Waals surface area contributed by atoms with Gasteiger partial charge in [-0.05, 0) is 63.1 Å². The summed E-state index contributed by atoms with van der Waals surface area (Å²) in [6, 6.07) is 12.5. The Morgan fingerprint density at radius 2 is 1.80 bits per heavy atom. The molecule has 182 valence electrons. The van der Waals surface area contributed by atoms with Gasteiger partial charge in [0.25, 0.3) is 5.91 Å². The number of aryl methyl sites for hydroxylation is 2. The lowest BCUT2D eigenvalue weighted by Crippen LogP contribution is -2.41. The van der Waals surface area contributed by atoms with Crippen LogP contribution < -0.4 is 19.5 Å². The molecule has 3 heterocycles. The molecule has 2 aromatic carbocycles. The fourth-order valence-corrected chi connectivity index (χ4v) is 4.30. The molecule has 2 aliphatic heterocycles. The monoisotopic (exact) mass is 477 g/mol. The molecular formula is C26H27N3O6. The summed E-state index contributed by atoms with van der Waals surface area (Å²) < 4.78 is 21.6. The van der Waals surface area contributed by atoms with Crippen molar-refractivity contribution in [2.24, 2.45) is 5.92 Å². The highest BCUT2D eigenvalue weighted by Crippen LogP contribution is 2.34. The molecule has 1 aromatic heterocycles. The van der Waals surface area contributed by atoms with Crippen molar-refractivity contribution in [2.45, 2.75) is 33.3 Å². The normalized spacial score (nSPS) is 15.2. The van der Waals surface area contributed by atoms with E-state index in [4.69, 9.17) is 18.7 Å². The first kappa shape index (κ1) is 22.8. The maximum absolute atomic E-state index is 13.0. The Labute approximate surface area is 202 Å². The van der Waals surface area contributed by atoms with Gasteiger partial charge in [0, 0.05) is 36.3 Å². The number of piperidine rings is 1. The SMILES string of the molecule is Cc1noc(C)c1COc1ccc(C(=O)N2CCC(C(=O)Nc3ccc4c(c3)OCO4)CC2)cc1. The van der Waals surface area contributed by atoms with E-state index in [-0.39, 0.29) is 24.5 Å². The van der Waals surface area contributed by atoms with Crippen molar-refractivity contribution in [3.05, 3.63) is 65.0 Å². The summed E-state index contributed by atoms with van der Waals surface area (Å²) in [6.45, 7) is 5.34. The number of likely N-dealkylation sites (tertiary alicyclic amines) is 1. The van der Waals surface area contributed by atoms with E-state index in [9.17, 15) is 9.59 Å². The summed E-state index contributed by atoms with van der Waals surface area (Å²) in [7, 11) is 0. The second-order valence-electron chi connectivity index (χ2n) is 8.74. The highest BCUT2D eigenvalue weighted by atomic mass is 16.7. The predicted octanol–water partition coefficient (Wildman–Crippen LogP) is 4.09. The Morgan fingerprint density at radius 1 is 1.06 bits per heavy atom. The Morgan fingerprint density at radius 3 is 2.51 bits per heavy atom. The molecule has 0 atom stereocenters. The van der Waals surface area contributed by atoms with Crippen LogP contribution >= 0.6 is 0 Å². The minimum absolute atomic E-state index is 0.0445. The van der Waals surface area contributed by atoms with Gasteiger partial charge < -0.3 is 29.0 Å². The smallest absolute Gasteiger partial charge is 0.253 e. The van der Waals surface area contributed by atoms with Gasteiger partial charge in [-0.2, -0.15) is 0 Å². The van der Waals surface area contributed by atoms with Crippen LogP contribution in [-0.2, 0) is 11.4 Å². The lowest BCUT2D eigenvalue weighted by atomic mass is 9.95. The molecule has 0 saturated carbocycles. The van der Waals surface area contributed by atoms with Gasteiger partial charge >= 0.3 is 0 Å². The standard InChI is InChI=1S/C26H27N3O6/c1-16-22(17(2)35-28-16)14-32-21-6-3-19(4-7-21)26(31)29-11-9-18(10-12-29)25(30)27-20-5-8-23-24(13-20)34-15-33-23/h3-8,13,18H,9-12,14-15H2,1-2H3,(H,27,30). The molecule has 5 rings (SSSR count). The van der Waals surface area contributed by atoms with E-state index in [1.165, 1.54) is 0 Å². The Hall–Kier alpha value is -4.01. The van der Waals surface area contributed by atoms with Gasteiger partial charge in [-0.25, -0.2) is 0 Å².